The average Bonchev–Trinajstić information content (AvgIpc) is 3.12. The van der Waals surface area contributed by atoms with Crippen molar-refractivity contribution in [1.29, 1.82) is 0 Å². The Balaban J connectivity index is 1.54. The van der Waals surface area contributed by atoms with Crippen LogP contribution in [0.15, 0.2) is 41.7 Å². The maximum absolute atomic E-state index is 6.57. The number of rotatable bonds is 4. The molecule has 1 atom stereocenters. The summed E-state index contributed by atoms with van der Waals surface area (Å²) in [6, 6.07) is 8.94. The Hall–Kier alpha value is -3.83. The molecule has 5 rings (SSSR count). The molecule has 0 saturated carbocycles. The number of aromatic nitrogens is 2. The predicted octanol–water partition coefficient (Wildman–Crippen LogP) is 0.827. The number of guanidine groups is 1. The first-order chi connectivity index (χ1) is 15.0. The third-order valence-electron chi connectivity index (χ3n) is 5.12. The van der Waals surface area contributed by atoms with Gasteiger partial charge in [0.1, 0.15) is 19.5 Å². The molecule has 0 amide bonds. The lowest BCUT2D eigenvalue weighted by atomic mass is 10.1. The number of nitrogens with two attached hydrogens (primary N) is 2. The fraction of sp³-hybridized carbons (Fsp3) is 0.250. The van der Waals surface area contributed by atoms with Crippen LogP contribution in [0, 0.1) is 0 Å². The van der Waals surface area contributed by atoms with E-state index in [4.69, 9.17) is 30.4 Å². The van der Waals surface area contributed by atoms with Gasteiger partial charge in [0.05, 0.1) is 19.7 Å². The van der Waals surface area contributed by atoms with Crippen LogP contribution in [0.4, 0.5) is 5.82 Å². The molecule has 5 N–H and O–H groups in total. The maximum atomic E-state index is 6.57. The minimum Gasteiger partial charge on any atom is -0.493 e. The zero-order chi connectivity index (χ0) is 21.6. The van der Waals surface area contributed by atoms with Crippen molar-refractivity contribution >= 4 is 22.7 Å². The monoisotopic (exact) mass is 423 g/mol. The summed E-state index contributed by atoms with van der Waals surface area (Å²) in [5.41, 5.74) is 17.2. The number of aliphatic imine (C=N–C) groups is 1. The van der Waals surface area contributed by atoms with Crippen molar-refractivity contribution in [3.05, 3.63) is 42.2 Å². The van der Waals surface area contributed by atoms with Crippen molar-refractivity contribution in [2.75, 3.05) is 32.4 Å². The Labute approximate surface area is 177 Å². The summed E-state index contributed by atoms with van der Waals surface area (Å²) in [5, 5.41) is 2.20. The number of nitrogens with zero attached hydrogens (tertiary/aromatic N) is 4. The SMILES string of the molecule is COc1cc2ncnc(N3NC(N)(c4ccc5c(c4)OCCO5)N=C3N)c2cc1OC. The zero-order valence-corrected chi connectivity index (χ0v) is 17.0. The molecule has 0 spiro atoms. The lowest BCUT2D eigenvalue weighted by molar-refractivity contribution is 0.171. The second-order valence-corrected chi connectivity index (χ2v) is 6.96. The highest BCUT2D eigenvalue weighted by atomic mass is 16.6. The predicted molar refractivity (Wildman–Crippen MR) is 113 cm³/mol. The highest BCUT2D eigenvalue weighted by Gasteiger charge is 2.39. The number of nitrogens with one attached hydrogen (secondary N) is 1. The van der Waals surface area contributed by atoms with Gasteiger partial charge in [0.15, 0.2) is 28.8 Å². The summed E-state index contributed by atoms with van der Waals surface area (Å²) in [5.74, 6) is 1.64. The molecule has 1 unspecified atom stereocenters. The number of anilines is 1. The summed E-state index contributed by atoms with van der Waals surface area (Å²) in [7, 11) is 3.12. The second kappa shape index (κ2) is 7.15. The molecule has 3 heterocycles. The van der Waals surface area contributed by atoms with E-state index in [2.05, 4.69) is 20.4 Å². The van der Waals surface area contributed by atoms with Gasteiger partial charge in [-0.15, -0.1) is 0 Å². The molecule has 3 aromatic rings. The Morgan fingerprint density at radius 1 is 1.03 bits per heavy atom. The molecule has 0 bridgehead atoms. The highest BCUT2D eigenvalue weighted by molar-refractivity contribution is 6.03. The van der Waals surface area contributed by atoms with Gasteiger partial charge >= 0.3 is 0 Å². The molecular formula is C20H21N7O4. The minimum atomic E-state index is -1.33. The lowest BCUT2D eigenvalue weighted by Gasteiger charge is -2.27. The standard InChI is InChI=1S/C20H21N7O4/c1-28-15-8-12-13(9-16(15)29-2)23-10-24-18(12)27-19(21)25-20(22,26-27)11-3-4-14-17(7-11)31-6-5-30-14/h3-4,7-10,26H,5-6,22H2,1-2H3,(H2,21,25). The third kappa shape index (κ3) is 3.10. The minimum absolute atomic E-state index is 0.146. The Kier molecular flexibility index (Phi) is 4.41. The highest BCUT2D eigenvalue weighted by Crippen LogP contribution is 2.37. The molecule has 11 nitrogen and oxygen atoms in total. The molecule has 0 saturated heterocycles. The van der Waals surface area contributed by atoms with Gasteiger partial charge in [-0.3, -0.25) is 5.73 Å². The van der Waals surface area contributed by atoms with Crippen molar-refractivity contribution in [3.8, 4) is 23.0 Å². The van der Waals surface area contributed by atoms with Crippen LogP contribution in [0.1, 0.15) is 5.56 Å². The van der Waals surface area contributed by atoms with E-state index >= 15 is 0 Å². The summed E-state index contributed by atoms with van der Waals surface area (Å²) in [6.07, 6.45) is 1.43. The van der Waals surface area contributed by atoms with E-state index in [1.54, 1.807) is 38.5 Å². The van der Waals surface area contributed by atoms with Gasteiger partial charge in [-0.25, -0.2) is 20.0 Å². The molecule has 31 heavy (non-hydrogen) atoms. The van der Waals surface area contributed by atoms with Crippen molar-refractivity contribution in [1.82, 2.24) is 15.4 Å². The number of fused-ring (bicyclic) bond motifs is 2. The summed E-state index contributed by atoms with van der Waals surface area (Å²) < 4.78 is 22.0. The molecule has 11 heteroatoms. The van der Waals surface area contributed by atoms with Gasteiger partial charge in [0, 0.05) is 17.0 Å². The van der Waals surface area contributed by atoms with Gasteiger partial charge in [-0.05, 0) is 24.3 Å². The first-order valence-corrected chi connectivity index (χ1v) is 9.51. The molecule has 2 aliphatic rings. The Morgan fingerprint density at radius 3 is 2.55 bits per heavy atom. The molecule has 2 aromatic carbocycles. The van der Waals surface area contributed by atoms with Crippen molar-refractivity contribution in [2.24, 2.45) is 16.5 Å². The number of ether oxygens (including phenoxy) is 4. The topological polar surface area (TPSA) is 142 Å². The molecule has 0 radical (unpaired) electrons. The smallest absolute Gasteiger partial charge is 0.215 e. The van der Waals surface area contributed by atoms with E-state index in [-0.39, 0.29) is 5.96 Å². The first-order valence-electron chi connectivity index (χ1n) is 9.51. The van der Waals surface area contributed by atoms with Gasteiger partial charge < -0.3 is 24.7 Å². The van der Waals surface area contributed by atoms with E-state index < -0.39 is 5.79 Å². The van der Waals surface area contributed by atoms with Crippen molar-refractivity contribution in [2.45, 2.75) is 5.79 Å². The summed E-state index contributed by atoms with van der Waals surface area (Å²) in [6.45, 7) is 0.976. The van der Waals surface area contributed by atoms with E-state index in [9.17, 15) is 0 Å². The van der Waals surface area contributed by atoms with E-state index in [0.29, 0.717) is 58.5 Å². The Morgan fingerprint density at radius 2 is 1.77 bits per heavy atom. The van der Waals surface area contributed by atoms with E-state index in [1.807, 2.05) is 6.07 Å². The van der Waals surface area contributed by atoms with Gasteiger partial charge in [-0.2, -0.15) is 5.43 Å². The normalized spacial score (nSPS) is 20.0. The number of hydrazine groups is 1. The number of methoxy groups -OCH3 is 2. The number of hydrogen-bond acceptors (Lipinski definition) is 11. The third-order valence-corrected chi connectivity index (χ3v) is 5.12. The van der Waals surface area contributed by atoms with Crippen LogP contribution in [0.5, 0.6) is 23.0 Å². The van der Waals surface area contributed by atoms with Crippen LogP contribution in [-0.2, 0) is 5.79 Å². The maximum Gasteiger partial charge on any atom is 0.215 e. The van der Waals surface area contributed by atoms with Crippen LogP contribution in [-0.4, -0.2) is 43.4 Å². The largest absolute Gasteiger partial charge is 0.493 e. The van der Waals surface area contributed by atoms with Crippen molar-refractivity contribution < 1.29 is 18.9 Å². The average molecular weight is 423 g/mol. The second-order valence-electron chi connectivity index (χ2n) is 6.96. The summed E-state index contributed by atoms with van der Waals surface area (Å²) >= 11 is 0. The van der Waals surface area contributed by atoms with Crippen LogP contribution < -0.4 is 40.8 Å². The fourth-order valence-corrected chi connectivity index (χ4v) is 3.60. The Bertz CT molecular complexity index is 1200. The molecule has 1 aromatic heterocycles. The van der Waals surface area contributed by atoms with E-state index in [1.165, 1.54) is 11.3 Å². The number of hydrogen-bond donors (Lipinski definition) is 3. The van der Waals surface area contributed by atoms with Crippen molar-refractivity contribution in [3.63, 3.8) is 0 Å². The zero-order valence-electron chi connectivity index (χ0n) is 17.0. The molecule has 0 fully saturated rings. The lowest BCUT2D eigenvalue weighted by Crippen LogP contribution is -2.53. The fourth-order valence-electron chi connectivity index (χ4n) is 3.60. The van der Waals surface area contributed by atoms with Crippen LogP contribution >= 0.6 is 0 Å². The van der Waals surface area contributed by atoms with Gasteiger partial charge in [0.25, 0.3) is 0 Å². The quantitative estimate of drug-likeness (QED) is 0.552. The molecule has 0 aliphatic carbocycles. The summed E-state index contributed by atoms with van der Waals surface area (Å²) in [4.78, 5) is 13.2. The first kappa shape index (κ1) is 19.2. The van der Waals surface area contributed by atoms with Crippen LogP contribution in [0.2, 0.25) is 0 Å². The number of benzene rings is 2. The molecular weight excluding hydrogens is 402 g/mol. The molecule has 2 aliphatic heterocycles. The molecule has 160 valence electrons. The van der Waals surface area contributed by atoms with Crippen LogP contribution in [0.3, 0.4) is 0 Å². The van der Waals surface area contributed by atoms with Crippen LogP contribution in [0.25, 0.3) is 10.9 Å². The van der Waals surface area contributed by atoms with Gasteiger partial charge in [0.2, 0.25) is 11.7 Å². The van der Waals surface area contributed by atoms with Gasteiger partial charge in [-0.1, -0.05) is 0 Å². The van der Waals surface area contributed by atoms with E-state index in [0.717, 1.165) is 0 Å².